The lowest BCUT2D eigenvalue weighted by Crippen LogP contribution is -2.43. The van der Waals surface area contributed by atoms with Gasteiger partial charge in [0.05, 0.1) is 0 Å². The number of carbonyl (C=O) groups excluding carboxylic acids is 2. The lowest BCUT2D eigenvalue weighted by atomic mass is 9.95. The summed E-state index contributed by atoms with van der Waals surface area (Å²) in [6.07, 6.45) is 2.12. The smallest absolute Gasteiger partial charge is 0.253 e. The molecule has 0 aliphatic carbocycles. The molecule has 158 valence electrons. The van der Waals surface area contributed by atoms with E-state index in [4.69, 9.17) is 9.47 Å². The van der Waals surface area contributed by atoms with Gasteiger partial charge in [-0.2, -0.15) is 0 Å². The Labute approximate surface area is 184 Å². The molecule has 1 fully saturated rings. The van der Waals surface area contributed by atoms with Crippen molar-refractivity contribution >= 4 is 27.7 Å². The summed E-state index contributed by atoms with van der Waals surface area (Å²) in [6, 6.07) is 13.3. The Bertz CT molecular complexity index is 908. The molecule has 0 unspecified atom stereocenters. The van der Waals surface area contributed by atoms with Crippen LogP contribution in [0.25, 0.3) is 0 Å². The molecule has 2 aromatic carbocycles. The molecule has 2 aliphatic heterocycles. The monoisotopic (exact) mass is 472 g/mol. The fraction of sp³-hybridized carbons (Fsp3) is 0.391. The highest BCUT2D eigenvalue weighted by Crippen LogP contribution is 2.30. The van der Waals surface area contributed by atoms with Crippen molar-refractivity contribution in [3.63, 3.8) is 0 Å². The number of benzene rings is 2. The predicted molar refractivity (Wildman–Crippen MR) is 117 cm³/mol. The summed E-state index contributed by atoms with van der Waals surface area (Å²) in [6.45, 7) is 2.94. The second kappa shape index (κ2) is 9.51. The highest BCUT2D eigenvalue weighted by atomic mass is 79.9. The minimum Gasteiger partial charge on any atom is -0.486 e. The Kier molecular flexibility index (Phi) is 6.57. The van der Waals surface area contributed by atoms with E-state index in [0.29, 0.717) is 51.3 Å². The molecule has 0 atom stereocenters. The molecule has 2 aliphatic rings. The van der Waals surface area contributed by atoms with Gasteiger partial charge >= 0.3 is 0 Å². The third-order valence-electron chi connectivity index (χ3n) is 5.56. The third kappa shape index (κ3) is 4.95. The third-order valence-corrected chi connectivity index (χ3v) is 6.09. The molecule has 4 rings (SSSR count). The van der Waals surface area contributed by atoms with Crippen molar-refractivity contribution in [3.8, 4) is 11.5 Å². The number of hydrogen-bond donors (Lipinski definition) is 1. The first-order valence-corrected chi connectivity index (χ1v) is 11.1. The lowest BCUT2D eigenvalue weighted by Gasteiger charge is -2.31. The fourth-order valence-corrected chi connectivity index (χ4v) is 4.10. The topological polar surface area (TPSA) is 67.9 Å². The van der Waals surface area contributed by atoms with E-state index < -0.39 is 0 Å². The molecule has 2 heterocycles. The van der Waals surface area contributed by atoms with Gasteiger partial charge in [-0.15, -0.1) is 0 Å². The van der Waals surface area contributed by atoms with Gasteiger partial charge in [0.25, 0.3) is 5.91 Å². The molecule has 7 heteroatoms. The van der Waals surface area contributed by atoms with Crippen LogP contribution in [-0.2, 0) is 11.2 Å². The van der Waals surface area contributed by atoms with Crippen LogP contribution in [0.4, 0.5) is 0 Å². The van der Waals surface area contributed by atoms with E-state index >= 15 is 0 Å². The Morgan fingerprint density at radius 2 is 1.70 bits per heavy atom. The molecule has 2 amide bonds. The van der Waals surface area contributed by atoms with Gasteiger partial charge in [-0.25, -0.2) is 0 Å². The molecule has 0 bridgehead atoms. The molecule has 1 saturated heterocycles. The number of ether oxygens (including phenoxy) is 2. The summed E-state index contributed by atoms with van der Waals surface area (Å²) in [5.41, 5.74) is 1.79. The summed E-state index contributed by atoms with van der Waals surface area (Å²) < 4.78 is 12.1. The molecule has 2 aromatic rings. The summed E-state index contributed by atoms with van der Waals surface area (Å²) in [5, 5.41) is 3.04. The number of nitrogens with one attached hydrogen (secondary N) is 1. The van der Waals surface area contributed by atoms with Crippen LogP contribution in [0.2, 0.25) is 0 Å². The number of likely N-dealkylation sites (tertiary alicyclic amines) is 1. The molecule has 0 saturated carbocycles. The van der Waals surface area contributed by atoms with Gasteiger partial charge in [0.1, 0.15) is 13.2 Å². The number of rotatable bonds is 5. The molecule has 30 heavy (non-hydrogen) atoms. The number of hydrogen-bond acceptors (Lipinski definition) is 4. The zero-order chi connectivity index (χ0) is 20.9. The Hall–Kier alpha value is -2.54. The van der Waals surface area contributed by atoms with Crippen molar-refractivity contribution in [2.45, 2.75) is 19.3 Å². The van der Waals surface area contributed by atoms with Crippen molar-refractivity contribution < 1.29 is 19.1 Å². The van der Waals surface area contributed by atoms with Gasteiger partial charge in [-0.1, -0.05) is 22.0 Å². The van der Waals surface area contributed by atoms with Crippen molar-refractivity contribution in [2.24, 2.45) is 5.92 Å². The van der Waals surface area contributed by atoms with Gasteiger partial charge < -0.3 is 19.7 Å². The summed E-state index contributed by atoms with van der Waals surface area (Å²) >= 11 is 3.38. The van der Waals surface area contributed by atoms with Crippen molar-refractivity contribution in [1.29, 1.82) is 0 Å². The largest absolute Gasteiger partial charge is 0.486 e. The van der Waals surface area contributed by atoms with E-state index in [1.54, 1.807) is 0 Å². The Balaban J connectivity index is 1.22. The second-order valence-corrected chi connectivity index (χ2v) is 8.51. The first-order chi connectivity index (χ1) is 14.6. The van der Waals surface area contributed by atoms with Crippen LogP contribution >= 0.6 is 15.9 Å². The van der Waals surface area contributed by atoms with Crippen molar-refractivity contribution in [2.75, 3.05) is 32.8 Å². The average Bonchev–Trinajstić information content (AvgIpc) is 2.79. The quantitative estimate of drug-likeness (QED) is 0.723. The number of piperidine rings is 1. The number of nitrogens with zero attached hydrogens (tertiary/aromatic N) is 1. The van der Waals surface area contributed by atoms with Gasteiger partial charge in [-0.05, 0) is 61.2 Å². The average molecular weight is 473 g/mol. The molecule has 1 N–H and O–H groups in total. The van der Waals surface area contributed by atoms with Gasteiger partial charge in [0.2, 0.25) is 5.91 Å². The van der Waals surface area contributed by atoms with Gasteiger partial charge in [0, 0.05) is 35.6 Å². The van der Waals surface area contributed by atoms with Crippen LogP contribution in [-0.4, -0.2) is 49.6 Å². The number of fused-ring (bicyclic) bond motifs is 1. The lowest BCUT2D eigenvalue weighted by molar-refractivity contribution is -0.126. The summed E-state index contributed by atoms with van der Waals surface area (Å²) in [4.78, 5) is 27.0. The number of amides is 2. The second-order valence-electron chi connectivity index (χ2n) is 7.59. The van der Waals surface area contributed by atoms with Crippen molar-refractivity contribution in [1.82, 2.24) is 10.2 Å². The first-order valence-electron chi connectivity index (χ1n) is 10.3. The zero-order valence-electron chi connectivity index (χ0n) is 16.7. The number of halogens is 1. The maximum atomic E-state index is 12.6. The first kappa shape index (κ1) is 20.7. The van der Waals surface area contributed by atoms with E-state index in [-0.39, 0.29) is 17.7 Å². The zero-order valence-corrected chi connectivity index (χ0v) is 18.3. The van der Waals surface area contributed by atoms with Crippen LogP contribution in [0.5, 0.6) is 11.5 Å². The van der Waals surface area contributed by atoms with E-state index in [1.807, 2.05) is 47.4 Å². The Morgan fingerprint density at radius 1 is 1.00 bits per heavy atom. The van der Waals surface area contributed by atoms with Crippen molar-refractivity contribution in [3.05, 3.63) is 58.1 Å². The van der Waals surface area contributed by atoms with Crippen LogP contribution in [0.15, 0.2) is 46.9 Å². The number of carbonyl (C=O) groups is 2. The van der Waals surface area contributed by atoms with E-state index in [2.05, 4.69) is 21.2 Å². The highest BCUT2D eigenvalue weighted by molar-refractivity contribution is 9.10. The fourth-order valence-electron chi connectivity index (χ4n) is 3.84. The van der Waals surface area contributed by atoms with Crippen LogP contribution < -0.4 is 14.8 Å². The molecule has 0 spiro atoms. The predicted octanol–water partition coefficient (Wildman–Crippen LogP) is 3.43. The molecule has 6 nitrogen and oxygen atoms in total. The van der Waals surface area contributed by atoms with Gasteiger partial charge in [0.15, 0.2) is 11.5 Å². The van der Waals surface area contributed by atoms with Crippen LogP contribution in [0.3, 0.4) is 0 Å². The minimum atomic E-state index is -0.0424. The van der Waals surface area contributed by atoms with Crippen LogP contribution in [0, 0.1) is 5.92 Å². The van der Waals surface area contributed by atoms with Crippen LogP contribution in [0.1, 0.15) is 28.8 Å². The maximum absolute atomic E-state index is 12.6. The molecule has 0 aromatic heterocycles. The van der Waals surface area contributed by atoms with E-state index in [9.17, 15) is 9.59 Å². The molecule has 0 radical (unpaired) electrons. The van der Waals surface area contributed by atoms with Gasteiger partial charge in [-0.3, -0.25) is 9.59 Å². The standard InChI is InChI=1S/C23H25BrN2O4/c24-19-4-2-18(3-5-19)23(28)26-11-8-17(9-12-26)22(27)25-10-7-16-1-6-20-21(15-16)30-14-13-29-20/h1-6,15,17H,7-14H2,(H,25,27). The minimum absolute atomic E-state index is 0.0277. The molecular formula is C23H25BrN2O4. The normalized spacial score (nSPS) is 16.2. The van der Waals surface area contributed by atoms with E-state index in [1.165, 1.54) is 0 Å². The van der Waals surface area contributed by atoms with E-state index in [0.717, 1.165) is 28.0 Å². The SMILES string of the molecule is O=C(NCCc1ccc2c(c1)OCCO2)C1CCN(C(=O)c2ccc(Br)cc2)CC1. The maximum Gasteiger partial charge on any atom is 0.253 e. The molecular weight excluding hydrogens is 448 g/mol. The summed E-state index contributed by atoms with van der Waals surface area (Å²) in [5.74, 6) is 1.61. The Morgan fingerprint density at radius 3 is 2.43 bits per heavy atom. The summed E-state index contributed by atoms with van der Waals surface area (Å²) in [7, 11) is 0. The highest BCUT2D eigenvalue weighted by Gasteiger charge is 2.27.